The molecule has 1 amide bonds. The second kappa shape index (κ2) is 5.03. The predicted octanol–water partition coefficient (Wildman–Crippen LogP) is 2.25. The van der Waals surface area contributed by atoms with E-state index in [4.69, 9.17) is 0 Å². The molecule has 2 N–H and O–H groups in total. The summed E-state index contributed by atoms with van der Waals surface area (Å²) in [5.74, 6) is 0.494. The topological polar surface area (TPSA) is 69.2 Å². The monoisotopic (exact) mass is 335 g/mol. The Labute approximate surface area is 124 Å². The van der Waals surface area contributed by atoms with Gasteiger partial charge in [-0.25, -0.2) is 0 Å². The van der Waals surface area contributed by atoms with Crippen LogP contribution in [0.25, 0.3) is 11.1 Å². The molecule has 3 rings (SSSR count). The van der Waals surface area contributed by atoms with E-state index in [0.717, 1.165) is 21.3 Å². The Morgan fingerprint density at radius 3 is 2.70 bits per heavy atom. The maximum atomic E-state index is 11.9. The lowest BCUT2D eigenvalue weighted by atomic mass is 10.1. The van der Waals surface area contributed by atoms with Gasteiger partial charge in [0.15, 0.2) is 5.82 Å². The number of aromatic nitrogens is 2. The average Bonchev–Trinajstić information content (AvgIpc) is 2.93. The summed E-state index contributed by atoms with van der Waals surface area (Å²) in [5, 5.41) is 16.8. The quantitative estimate of drug-likeness (QED) is 0.884. The van der Waals surface area contributed by atoms with Gasteiger partial charge < -0.3 is 5.11 Å². The molecule has 1 unspecified atom stereocenters. The zero-order valence-electron chi connectivity index (χ0n) is 10.9. The Kier molecular flexibility index (Phi) is 3.35. The Hall–Kier alpha value is -1.66. The molecule has 104 valence electrons. The van der Waals surface area contributed by atoms with Gasteiger partial charge in [0.1, 0.15) is 0 Å². The number of hydrogen-bond acceptors (Lipinski definition) is 3. The smallest absolute Gasteiger partial charge is 0.230 e. The molecule has 1 fully saturated rings. The largest absolute Gasteiger partial charge is 0.391 e. The van der Waals surface area contributed by atoms with Crippen LogP contribution in [0.3, 0.4) is 0 Å². The number of carbonyl (C=O) groups is 1. The maximum Gasteiger partial charge on any atom is 0.230 e. The number of anilines is 1. The fraction of sp³-hybridized carbons (Fsp3) is 0.286. The number of aromatic amines is 1. The number of aryl methyl sites for hydroxylation is 1. The zero-order chi connectivity index (χ0) is 14.3. The fourth-order valence-corrected chi connectivity index (χ4v) is 2.73. The number of nitrogens with zero attached hydrogens (tertiary/aromatic N) is 2. The average molecular weight is 336 g/mol. The number of nitrogens with one attached hydrogen (secondary N) is 1. The van der Waals surface area contributed by atoms with Gasteiger partial charge >= 0.3 is 0 Å². The molecule has 1 saturated heterocycles. The highest BCUT2D eigenvalue weighted by molar-refractivity contribution is 9.10. The number of H-pyrrole nitrogens is 1. The van der Waals surface area contributed by atoms with Crippen LogP contribution in [-0.2, 0) is 4.79 Å². The minimum absolute atomic E-state index is 0.0950. The summed E-state index contributed by atoms with van der Waals surface area (Å²) in [4.78, 5) is 13.5. The van der Waals surface area contributed by atoms with Gasteiger partial charge in [-0.2, -0.15) is 5.10 Å². The number of halogens is 1. The first-order chi connectivity index (χ1) is 9.56. The molecule has 5 nitrogen and oxygen atoms in total. The van der Waals surface area contributed by atoms with Gasteiger partial charge in [0.25, 0.3) is 0 Å². The van der Waals surface area contributed by atoms with Gasteiger partial charge in [-0.3, -0.25) is 14.8 Å². The molecule has 1 aliphatic heterocycles. The van der Waals surface area contributed by atoms with Gasteiger partial charge in [-0.05, 0) is 24.6 Å². The van der Waals surface area contributed by atoms with Crippen molar-refractivity contribution >= 4 is 27.7 Å². The Bertz CT molecular complexity index is 651. The molecule has 2 aromatic rings. The highest BCUT2D eigenvalue weighted by Gasteiger charge is 2.32. The van der Waals surface area contributed by atoms with Gasteiger partial charge in [0.2, 0.25) is 5.91 Å². The normalized spacial score (nSPS) is 18.9. The molecule has 1 aromatic heterocycles. The number of aliphatic hydroxyl groups excluding tert-OH is 1. The van der Waals surface area contributed by atoms with Crippen molar-refractivity contribution in [2.24, 2.45) is 0 Å². The molecule has 6 heteroatoms. The lowest BCUT2D eigenvalue weighted by Gasteiger charge is -2.15. The third kappa shape index (κ3) is 2.25. The number of β-amino-alcohol motifs (C(OH)–C–C–N with tert-alkyl or cyclic N) is 1. The molecule has 0 saturated carbocycles. The first-order valence-electron chi connectivity index (χ1n) is 6.35. The molecule has 0 aliphatic carbocycles. The third-order valence-electron chi connectivity index (χ3n) is 3.42. The summed E-state index contributed by atoms with van der Waals surface area (Å²) in [6.45, 7) is 2.22. The van der Waals surface area contributed by atoms with E-state index in [1.54, 1.807) is 4.90 Å². The van der Waals surface area contributed by atoms with Crippen LogP contribution in [0, 0.1) is 6.92 Å². The molecule has 1 aromatic carbocycles. The van der Waals surface area contributed by atoms with Crippen molar-refractivity contribution in [3.63, 3.8) is 0 Å². The third-order valence-corrected chi connectivity index (χ3v) is 3.95. The molecule has 0 radical (unpaired) electrons. The standard InChI is InChI=1S/C14H14BrN3O2/c1-8-13(9-2-4-10(15)5-3-9)14(17-16-8)18-7-11(19)6-12(18)20/h2-5,11,19H,6-7H2,1H3,(H,16,17). The Morgan fingerprint density at radius 1 is 1.40 bits per heavy atom. The summed E-state index contributed by atoms with van der Waals surface area (Å²) in [5.41, 5.74) is 2.79. The van der Waals surface area contributed by atoms with E-state index in [9.17, 15) is 9.90 Å². The van der Waals surface area contributed by atoms with Crippen molar-refractivity contribution in [2.45, 2.75) is 19.4 Å². The molecule has 0 bridgehead atoms. The highest BCUT2D eigenvalue weighted by Crippen LogP contribution is 2.34. The van der Waals surface area contributed by atoms with Crippen LogP contribution in [0.5, 0.6) is 0 Å². The van der Waals surface area contributed by atoms with E-state index < -0.39 is 6.10 Å². The van der Waals surface area contributed by atoms with Crippen LogP contribution in [0.2, 0.25) is 0 Å². The molecular formula is C14H14BrN3O2. The summed E-state index contributed by atoms with van der Waals surface area (Å²) in [6, 6.07) is 7.85. The zero-order valence-corrected chi connectivity index (χ0v) is 12.5. The van der Waals surface area contributed by atoms with E-state index in [1.807, 2.05) is 31.2 Å². The minimum Gasteiger partial charge on any atom is -0.391 e. The van der Waals surface area contributed by atoms with Crippen LogP contribution >= 0.6 is 15.9 Å². The van der Waals surface area contributed by atoms with Crippen molar-refractivity contribution in [2.75, 3.05) is 11.4 Å². The highest BCUT2D eigenvalue weighted by atomic mass is 79.9. The van der Waals surface area contributed by atoms with Crippen molar-refractivity contribution in [3.8, 4) is 11.1 Å². The van der Waals surface area contributed by atoms with Crippen molar-refractivity contribution < 1.29 is 9.90 Å². The van der Waals surface area contributed by atoms with Crippen LogP contribution in [0.1, 0.15) is 12.1 Å². The van der Waals surface area contributed by atoms with Crippen LogP contribution < -0.4 is 4.90 Å². The number of hydrogen-bond donors (Lipinski definition) is 2. The SMILES string of the molecule is Cc1[nH]nc(N2CC(O)CC2=O)c1-c1ccc(Br)cc1. The van der Waals surface area contributed by atoms with Crippen molar-refractivity contribution in [1.82, 2.24) is 10.2 Å². The fourth-order valence-electron chi connectivity index (χ4n) is 2.47. The second-order valence-corrected chi connectivity index (χ2v) is 5.83. The number of amides is 1. The summed E-state index contributed by atoms with van der Waals surface area (Å²) < 4.78 is 0.997. The molecule has 1 aliphatic rings. The molecule has 2 heterocycles. The van der Waals surface area contributed by atoms with E-state index >= 15 is 0 Å². The summed E-state index contributed by atoms with van der Waals surface area (Å²) >= 11 is 3.41. The number of carbonyl (C=O) groups excluding carboxylic acids is 1. The first kappa shape index (κ1) is 13.3. The lowest BCUT2D eigenvalue weighted by Crippen LogP contribution is -2.26. The number of rotatable bonds is 2. The van der Waals surface area contributed by atoms with Crippen LogP contribution in [0.15, 0.2) is 28.7 Å². The number of benzene rings is 1. The second-order valence-electron chi connectivity index (χ2n) is 4.92. The maximum absolute atomic E-state index is 11.9. The van der Waals surface area contributed by atoms with Crippen LogP contribution in [-0.4, -0.2) is 33.9 Å². The summed E-state index contributed by atoms with van der Waals surface area (Å²) in [7, 11) is 0. The van der Waals surface area contributed by atoms with Gasteiger partial charge in [-0.15, -0.1) is 0 Å². The number of aliphatic hydroxyl groups is 1. The van der Waals surface area contributed by atoms with Crippen molar-refractivity contribution in [3.05, 3.63) is 34.4 Å². The van der Waals surface area contributed by atoms with Crippen molar-refractivity contribution in [1.29, 1.82) is 0 Å². The minimum atomic E-state index is -0.614. The van der Waals surface area contributed by atoms with E-state index in [-0.39, 0.29) is 12.3 Å². The lowest BCUT2D eigenvalue weighted by molar-refractivity contribution is -0.117. The Balaban J connectivity index is 2.06. The Morgan fingerprint density at radius 2 is 2.10 bits per heavy atom. The van der Waals surface area contributed by atoms with E-state index in [0.29, 0.717) is 12.4 Å². The van der Waals surface area contributed by atoms with Crippen LogP contribution in [0.4, 0.5) is 5.82 Å². The molecule has 0 spiro atoms. The molecule has 1 atom stereocenters. The van der Waals surface area contributed by atoms with E-state index in [2.05, 4.69) is 26.1 Å². The van der Waals surface area contributed by atoms with E-state index in [1.165, 1.54) is 0 Å². The molecular weight excluding hydrogens is 322 g/mol. The first-order valence-corrected chi connectivity index (χ1v) is 7.15. The molecule has 20 heavy (non-hydrogen) atoms. The predicted molar refractivity (Wildman–Crippen MR) is 79.4 cm³/mol. The summed E-state index contributed by atoms with van der Waals surface area (Å²) in [6.07, 6.45) is -0.455. The van der Waals surface area contributed by atoms with Gasteiger partial charge in [0, 0.05) is 15.7 Å². The van der Waals surface area contributed by atoms with Gasteiger partial charge in [0.05, 0.1) is 19.1 Å². The van der Waals surface area contributed by atoms with Gasteiger partial charge in [-0.1, -0.05) is 28.1 Å².